The zero-order valence-electron chi connectivity index (χ0n) is 11.5. The number of hydrogen-bond donors (Lipinski definition) is 4. The van der Waals surface area contributed by atoms with Crippen LogP contribution in [0.15, 0.2) is 41.3 Å². The van der Waals surface area contributed by atoms with Gasteiger partial charge in [0.05, 0.1) is 0 Å². The molecule has 11 heteroatoms. The molecule has 0 saturated heterocycles. The Morgan fingerprint density at radius 1 is 0.875 bits per heavy atom. The molecule has 4 N–H and O–H groups in total. The molecule has 0 atom stereocenters. The zero-order valence-corrected chi connectivity index (χ0v) is 12.3. The number of halogens is 5. The molecule has 0 saturated carbocycles. The molecule has 0 spiro atoms. The van der Waals surface area contributed by atoms with E-state index in [0.29, 0.717) is 12.1 Å². The average molecular weight is 371 g/mol. The molecule has 0 fully saturated rings. The molecule has 0 unspecified atom stereocenters. The van der Waals surface area contributed by atoms with Crippen molar-refractivity contribution >= 4 is 21.8 Å². The molecule has 1 amide bonds. The van der Waals surface area contributed by atoms with Gasteiger partial charge in [-0.25, -0.2) is 0 Å². The Balaban J connectivity index is 2.25. The van der Waals surface area contributed by atoms with Gasteiger partial charge in [-0.15, -0.1) is 0 Å². The van der Waals surface area contributed by atoms with E-state index in [4.69, 9.17) is 5.11 Å². The quantitative estimate of drug-likeness (QED) is 0.465. The van der Waals surface area contributed by atoms with Crippen LogP contribution in [-0.4, -0.2) is 21.2 Å². The minimum atomic E-state index is -9.79. The maximum Gasteiger partial charge on any atom is 0.310 e. The number of hydrogen-bond acceptors (Lipinski definition) is 4. The third-order valence-corrected chi connectivity index (χ3v) is 4.05. The van der Waals surface area contributed by atoms with E-state index in [9.17, 15) is 34.4 Å². The van der Waals surface area contributed by atoms with Gasteiger partial charge in [0, 0.05) is 11.3 Å². The summed E-state index contributed by atoms with van der Waals surface area (Å²) in [7, 11) is -9.79. The summed E-state index contributed by atoms with van der Waals surface area (Å²) in [6.07, 6.45) is 0. The molecule has 0 aliphatic rings. The fraction of sp³-hybridized carbons (Fsp3) is 0. The number of aromatic hydroxyl groups is 3. The van der Waals surface area contributed by atoms with Gasteiger partial charge < -0.3 is 20.6 Å². The lowest BCUT2D eigenvalue weighted by Gasteiger charge is -2.40. The summed E-state index contributed by atoms with van der Waals surface area (Å²) in [6, 6.07) is 3.11. The van der Waals surface area contributed by atoms with Crippen LogP contribution in [0.25, 0.3) is 0 Å². The van der Waals surface area contributed by atoms with E-state index in [0.717, 1.165) is 12.1 Å². The second-order valence-electron chi connectivity index (χ2n) is 4.81. The Morgan fingerprint density at radius 3 is 1.75 bits per heavy atom. The molecule has 0 aliphatic carbocycles. The molecule has 0 radical (unpaired) electrons. The Bertz CT molecular complexity index is 798. The SMILES string of the molecule is O=C(Nc1ccc(S(F)(F)(F)(F)F)cc1)c1cc(O)c(O)c(O)c1. The number of nitrogens with one attached hydrogen (secondary N) is 1. The Labute approximate surface area is 131 Å². The van der Waals surface area contributed by atoms with Crippen molar-refractivity contribution in [3.63, 3.8) is 0 Å². The lowest BCUT2D eigenvalue weighted by atomic mass is 10.1. The van der Waals surface area contributed by atoms with Crippen molar-refractivity contribution in [2.75, 3.05) is 5.32 Å². The van der Waals surface area contributed by atoms with E-state index in [1.165, 1.54) is 0 Å². The number of carbonyl (C=O) groups is 1. The van der Waals surface area contributed by atoms with Crippen LogP contribution in [-0.2, 0) is 0 Å². The maximum atomic E-state index is 12.6. The zero-order chi connectivity index (χ0) is 18.4. The van der Waals surface area contributed by atoms with Gasteiger partial charge in [0.15, 0.2) is 17.2 Å². The molecule has 2 rings (SSSR count). The Morgan fingerprint density at radius 2 is 1.33 bits per heavy atom. The van der Waals surface area contributed by atoms with Crippen LogP contribution in [0.2, 0.25) is 0 Å². The van der Waals surface area contributed by atoms with Gasteiger partial charge in [-0.3, -0.25) is 4.79 Å². The van der Waals surface area contributed by atoms with Crippen molar-refractivity contribution < 1.29 is 39.5 Å². The van der Waals surface area contributed by atoms with Crippen molar-refractivity contribution in [3.05, 3.63) is 42.0 Å². The summed E-state index contributed by atoms with van der Waals surface area (Å²) >= 11 is 0. The standard InChI is InChI=1S/C13H10F5NO4S/c14-24(15,16,17,18)9-3-1-8(2-4-9)19-13(23)7-5-10(20)12(22)11(21)6-7/h1-6,20-22H,(H,19,23). The predicted molar refractivity (Wildman–Crippen MR) is 77.2 cm³/mol. The highest BCUT2D eigenvalue weighted by atomic mass is 32.5. The normalized spacial score (nSPS) is 14.5. The third kappa shape index (κ3) is 3.79. The molecule has 0 heterocycles. The van der Waals surface area contributed by atoms with E-state index in [-0.39, 0.29) is 23.4 Å². The van der Waals surface area contributed by atoms with Crippen LogP contribution < -0.4 is 5.32 Å². The number of amides is 1. The topological polar surface area (TPSA) is 89.8 Å². The van der Waals surface area contributed by atoms with Gasteiger partial charge in [0.1, 0.15) is 4.90 Å². The summed E-state index contributed by atoms with van der Waals surface area (Å²) < 4.78 is 62.8. The van der Waals surface area contributed by atoms with Crippen LogP contribution in [0.3, 0.4) is 0 Å². The van der Waals surface area contributed by atoms with Crippen LogP contribution in [0.1, 0.15) is 10.4 Å². The van der Waals surface area contributed by atoms with Gasteiger partial charge >= 0.3 is 10.2 Å². The summed E-state index contributed by atoms with van der Waals surface area (Å²) in [6.45, 7) is 0. The number of benzene rings is 2. The second-order valence-corrected chi connectivity index (χ2v) is 7.22. The molecular weight excluding hydrogens is 361 g/mol. The number of phenolic OH excluding ortho intramolecular Hbond substituents is 3. The summed E-state index contributed by atoms with van der Waals surface area (Å²) in [5.41, 5.74) is -0.544. The van der Waals surface area contributed by atoms with E-state index < -0.39 is 38.3 Å². The van der Waals surface area contributed by atoms with Gasteiger partial charge in [-0.05, 0) is 36.4 Å². The van der Waals surface area contributed by atoms with Crippen LogP contribution in [0.4, 0.5) is 25.1 Å². The Hall–Kier alpha value is -2.69. The second kappa shape index (κ2) is 4.66. The molecule has 0 aliphatic heterocycles. The van der Waals surface area contributed by atoms with E-state index in [1.54, 1.807) is 0 Å². The van der Waals surface area contributed by atoms with E-state index >= 15 is 0 Å². The van der Waals surface area contributed by atoms with Crippen molar-refractivity contribution in [1.29, 1.82) is 0 Å². The highest BCUT2D eigenvalue weighted by Gasteiger charge is 2.65. The van der Waals surface area contributed by atoms with E-state index in [2.05, 4.69) is 5.32 Å². The number of rotatable bonds is 3. The minimum Gasteiger partial charge on any atom is -0.504 e. The number of anilines is 1. The lowest BCUT2D eigenvalue weighted by Crippen LogP contribution is -2.12. The first-order chi connectivity index (χ1) is 10.7. The predicted octanol–water partition coefficient (Wildman–Crippen LogP) is 4.71. The molecule has 24 heavy (non-hydrogen) atoms. The molecule has 132 valence electrons. The first kappa shape index (κ1) is 17.7. The molecule has 0 aromatic heterocycles. The van der Waals surface area contributed by atoms with E-state index in [1.807, 2.05) is 0 Å². The Kier molecular flexibility index (Phi) is 3.43. The van der Waals surface area contributed by atoms with Crippen LogP contribution in [0.5, 0.6) is 17.2 Å². The fourth-order valence-electron chi connectivity index (χ4n) is 1.73. The van der Waals surface area contributed by atoms with Crippen molar-refractivity contribution in [2.45, 2.75) is 4.90 Å². The first-order valence-corrected chi connectivity index (χ1v) is 8.03. The summed E-state index contributed by atoms with van der Waals surface area (Å²) in [5.74, 6) is -3.40. The van der Waals surface area contributed by atoms with Gasteiger partial charge in [-0.1, -0.05) is 19.4 Å². The summed E-state index contributed by atoms with van der Waals surface area (Å²) in [4.78, 5) is 9.76. The number of phenols is 3. The van der Waals surface area contributed by atoms with Crippen molar-refractivity contribution in [3.8, 4) is 17.2 Å². The van der Waals surface area contributed by atoms with Gasteiger partial charge in [0.2, 0.25) is 0 Å². The van der Waals surface area contributed by atoms with Crippen LogP contribution >= 0.6 is 10.2 Å². The highest BCUT2D eigenvalue weighted by Crippen LogP contribution is 3.02. The molecule has 2 aromatic carbocycles. The van der Waals surface area contributed by atoms with Gasteiger partial charge in [0.25, 0.3) is 5.91 Å². The monoisotopic (exact) mass is 371 g/mol. The van der Waals surface area contributed by atoms with Gasteiger partial charge in [-0.2, -0.15) is 0 Å². The largest absolute Gasteiger partial charge is 0.504 e. The molecule has 0 bridgehead atoms. The molecule has 2 aromatic rings. The van der Waals surface area contributed by atoms with Crippen LogP contribution in [0, 0.1) is 0 Å². The smallest absolute Gasteiger partial charge is 0.310 e. The minimum absolute atomic E-state index is 0.128. The maximum absolute atomic E-state index is 12.6. The third-order valence-electron chi connectivity index (χ3n) is 2.89. The first-order valence-electron chi connectivity index (χ1n) is 6.08. The molecule has 5 nitrogen and oxygen atoms in total. The average Bonchev–Trinajstić information content (AvgIpc) is 2.42. The summed E-state index contributed by atoms with van der Waals surface area (Å²) in [5, 5.41) is 29.8. The fourth-order valence-corrected chi connectivity index (χ4v) is 2.38. The number of carbonyl (C=O) groups excluding carboxylic acids is 1. The molecular formula is C13H10F5NO4S. The lowest BCUT2D eigenvalue weighted by molar-refractivity contribution is 0.102. The highest BCUT2D eigenvalue weighted by molar-refractivity contribution is 8.45. The van der Waals surface area contributed by atoms with Crippen molar-refractivity contribution in [2.24, 2.45) is 0 Å². The van der Waals surface area contributed by atoms with Crippen molar-refractivity contribution in [1.82, 2.24) is 0 Å².